The zero-order valence-electron chi connectivity index (χ0n) is 14.2. The van der Waals surface area contributed by atoms with E-state index in [4.69, 9.17) is 0 Å². The van der Waals surface area contributed by atoms with Gasteiger partial charge < -0.3 is 5.32 Å². The maximum absolute atomic E-state index is 13.6. The van der Waals surface area contributed by atoms with Crippen molar-refractivity contribution in [3.8, 4) is 0 Å². The number of benzene rings is 2. The van der Waals surface area contributed by atoms with Gasteiger partial charge in [0.2, 0.25) is 0 Å². The first-order valence-electron chi connectivity index (χ1n) is 8.10. The van der Waals surface area contributed by atoms with Crippen molar-refractivity contribution in [1.29, 1.82) is 0 Å². The molecule has 0 aliphatic carbocycles. The quantitative estimate of drug-likeness (QED) is 0.619. The third-order valence-corrected chi connectivity index (χ3v) is 4.01. The third kappa shape index (κ3) is 4.33. The molecule has 0 saturated heterocycles. The first-order valence-corrected chi connectivity index (χ1v) is 8.10. The number of nitrogens with zero attached hydrogens (tertiary/aromatic N) is 1. The van der Waals surface area contributed by atoms with Crippen molar-refractivity contribution in [1.82, 2.24) is 4.98 Å². The van der Waals surface area contributed by atoms with E-state index in [1.807, 2.05) is 0 Å². The van der Waals surface area contributed by atoms with Gasteiger partial charge in [-0.25, -0.2) is 8.78 Å². The zero-order chi connectivity index (χ0) is 20.3. The Labute approximate surface area is 156 Å². The van der Waals surface area contributed by atoms with Gasteiger partial charge in [0.25, 0.3) is 5.91 Å². The topological polar surface area (TPSA) is 42.0 Å². The molecule has 1 aromatic heterocycles. The molecule has 8 heteroatoms. The first-order chi connectivity index (χ1) is 13.3. The molecule has 3 aromatic rings. The lowest BCUT2D eigenvalue weighted by Gasteiger charge is -2.12. The van der Waals surface area contributed by atoms with Gasteiger partial charge in [0.05, 0.1) is 5.56 Å². The van der Waals surface area contributed by atoms with E-state index in [2.05, 4.69) is 10.3 Å². The van der Waals surface area contributed by atoms with Crippen molar-refractivity contribution in [2.75, 3.05) is 5.32 Å². The predicted molar refractivity (Wildman–Crippen MR) is 92.8 cm³/mol. The Morgan fingerprint density at radius 1 is 0.964 bits per heavy atom. The SMILES string of the molecule is O=C(Nc1ccc(Cc2ccncc2C(F)(F)F)cc1)c1c(F)cccc1F. The highest BCUT2D eigenvalue weighted by Gasteiger charge is 2.33. The van der Waals surface area contributed by atoms with E-state index in [1.165, 1.54) is 36.5 Å². The summed E-state index contributed by atoms with van der Waals surface area (Å²) in [5, 5.41) is 2.36. The van der Waals surface area contributed by atoms with E-state index >= 15 is 0 Å². The zero-order valence-corrected chi connectivity index (χ0v) is 14.2. The van der Waals surface area contributed by atoms with Crippen molar-refractivity contribution < 1.29 is 26.7 Å². The summed E-state index contributed by atoms with van der Waals surface area (Å²) in [5.74, 6) is -2.95. The summed E-state index contributed by atoms with van der Waals surface area (Å²) in [5.41, 5.74) is -0.651. The Morgan fingerprint density at radius 2 is 1.61 bits per heavy atom. The molecule has 1 N–H and O–H groups in total. The fraction of sp³-hybridized carbons (Fsp3) is 0.100. The molecule has 28 heavy (non-hydrogen) atoms. The Hall–Kier alpha value is -3.29. The van der Waals surface area contributed by atoms with Crippen molar-refractivity contribution in [2.45, 2.75) is 12.6 Å². The maximum Gasteiger partial charge on any atom is 0.418 e. The molecule has 0 bridgehead atoms. The van der Waals surface area contributed by atoms with E-state index in [-0.39, 0.29) is 17.7 Å². The largest absolute Gasteiger partial charge is 0.418 e. The van der Waals surface area contributed by atoms with E-state index in [9.17, 15) is 26.7 Å². The normalized spacial score (nSPS) is 11.3. The van der Waals surface area contributed by atoms with E-state index < -0.39 is 34.8 Å². The second-order valence-electron chi connectivity index (χ2n) is 5.96. The van der Waals surface area contributed by atoms with Gasteiger partial charge in [-0.05, 0) is 47.9 Å². The molecule has 0 radical (unpaired) electrons. The monoisotopic (exact) mass is 392 g/mol. The number of carbonyl (C=O) groups is 1. The summed E-state index contributed by atoms with van der Waals surface area (Å²) in [7, 11) is 0. The average molecular weight is 392 g/mol. The van der Waals surface area contributed by atoms with Crippen LogP contribution in [-0.2, 0) is 12.6 Å². The van der Waals surface area contributed by atoms with Gasteiger partial charge in [-0.3, -0.25) is 9.78 Å². The number of anilines is 1. The second-order valence-corrected chi connectivity index (χ2v) is 5.96. The van der Waals surface area contributed by atoms with Crippen LogP contribution in [0.3, 0.4) is 0 Å². The molecule has 0 aliphatic rings. The number of halogens is 5. The molecule has 0 atom stereocenters. The number of aromatic nitrogens is 1. The summed E-state index contributed by atoms with van der Waals surface area (Å²) in [6, 6.07) is 10.3. The molecular formula is C20H13F5N2O. The lowest BCUT2D eigenvalue weighted by molar-refractivity contribution is -0.138. The van der Waals surface area contributed by atoms with Crippen LogP contribution in [0.25, 0.3) is 0 Å². The van der Waals surface area contributed by atoms with Crippen LogP contribution in [0.2, 0.25) is 0 Å². The molecule has 0 fully saturated rings. The number of alkyl halides is 3. The van der Waals surface area contributed by atoms with Crippen LogP contribution in [0.15, 0.2) is 60.9 Å². The minimum absolute atomic E-state index is 0.00747. The van der Waals surface area contributed by atoms with Crippen LogP contribution in [0.1, 0.15) is 27.0 Å². The first kappa shape index (κ1) is 19.5. The van der Waals surface area contributed by atoms with Crippen LogP contribution < -0.4 is 5.32 Å². The Bertz CT molecular complexity index is 980. The Kier molecular flexibility index (Phi) is 5.39. The van der Waals surface area contributed by atoms with Crippen LogP contribution >= 0.6 is 0 Å². The molecule has 3 nitrogen and oxygen atoms in total. The van der Waals surface area contributed by atoms with Crippen LogP contribution in [0, 0.1) is 11.6 Å². The number of hydrogen-bond acceptors (Lipinski definition) is 2. The lowest BCUT2D eigenvalue weighted by atomic mass is 10.0. The molecule has 0 saturated carbocycles. The van der Waals surface area contributed by atoms with Crippen LogP contribution in [0.5, 0.6) is 0 Å². The van der Waals surface area contributed by atoms with Crippen molar-refractivity contribution in [2.24, 2.45) is 0 Å². The molecule has 0 aliphatic heterocycles. The molecule has 0 spiro atoms. The van der Waals surface area contributed by atoms with Crippen molar-refractivity contribution in [3.05, 3.63) is 94.8 Å². The van der Waals surface area contributed by atoms with Gasteiger partial charge in [-0.1, -0.05) is 18.2 Å². The maximum atomic E-state index is 13.6. The number of amides is 1. The van der Waals surface area contributed by atoms with Gasteiger partial charge in [-0.15, -0.1) is 0 Å². The number of nitrogens with one attached hydrogen (secondary N) is 1. The van der Waals surface area contributed by atoms with Gasteiger partial charge in [-0.2, -0.15) is 13.2 Å². The molecule has 3 rings (SSSR count). The minimum Gasteiger partial charge on any atom is -0.322 e. The number of carbonyl (C=O) groups excluding carboxylic acids is 1. The van der Waals surface area contributed by atoms with Gasteiger partial charge >= 0.3 is 6.18 Å². The van der Waals surface area contributed by atoms with Crippen LogP contribution in [0.4, 0.5) is 27.6 Å². The highest BCUT2D eigenvalue weighted by molar-refractivity contribution is 6.04. The summed E-state index contributed by atoms with van der Waals surface area (Å²) in [4.78, 5) is 15.6. The standard InChI is InChI=1S/C20H13F5N2O/c21-16-2-1-3-17(22)18(16)19(28)27-14-6-4-12(5-7-14)10-13-8-9-26-11-15(13)20(23,24)25/h1-9,11H,10H2,(H,27,28). The van der Waals surface area contributed by atoms with E-state index in [0.29, 0.717) is 5.56 Å². The average Bonchev–Trinajstić information content (AvgIpc) is 2.63. The molecule has 0 unspecified atom stereocenters. The smallest absolute Gasteiger partial charge is 0.322 e. The fourth-order valence-corrected chi connectivity index (χ4v) is 2.67. The minimum atomic E-state index is -4.51. The summed E-state index contributed by atoms with van der Waals surface area (Å²) >= 11 is 0. The highest BCUT2D eigenvalue weighted by atomic mass is 19.4. The predicted octanol–water partition coefficient (Wildman–Crippen LogP) is 5.22. The summed E-state index contributed by atoms with van der Waals surface area (Å²) in [6.07, 6.45) is -2.45. The second kappa shape index (κ2) is 7.75. The number of rotatable bonds is 4. The highest BCUT2D eigenvalue weighted by Crippen LogP contribution is 2.32. The van der Waals surface area contributed by atoms with Gasteiger partial charge in [0.1, 0.15) is 17.2 Å². The van der Waals surface area contributed by atoms with Crippen molar-refractivity contribution in [3.63, 3.8) is 0 Å². The van der Waals surface area contributed by atoms with Crippen molar-refractivity contribution >= 4 is 11.6 Å². The molecule has 1 amide bonds. The molecule has 1 heterocycles. The molecular weight excluding hydrogens is 379 g/mol. The lowest BCUT2D eigenvalue weighted by Crippen LogP contribution is -2.15. The van der Waals surface area contributed by atoms with E-state index in [1.54, 1.807) is 0 Å². The Balaban J connectivity index is 1.76. The summed E-state index contributed by atoms with van der Waals surface area (Å²) < 4.78 is 66.4. The fourth-order valence-electron chi connectivity index (χ4n) is 2.67. The number of pyridine rings is 1. The Morgan fingerprint density at radius 3 is 2.21 bits per heavy atom. The number of hydrogen-bond donors (Lipinski definition) is 1. The third-order valence-electron chi connectivity index (χ3n) is 4.01. The van der Waals surface area contributed by atoms with Gasteiger partial charge in [0, 0.05) is 18.1 Å². The summed E-state index contributed by atoms with van der Waals surface area (Å²) in [6.45, 7) is 0. The van der Waals surface area contributed by atoms with Crippen LogP contribution in [-0.4, -0.2) is 10.9 Å². The van der Waals surface area contributed by atoms with Gasteiger partial charge in [0.15, 0.2) is 0 Å². The molecule has 2 aromatic carbocycles. The van der Waals surface area contributed by atoms with E-state index in [0.717, 1.165) is 24.4 Å². The molecule has 144 valence electrons.